The summed E-state index contributed by atoms with van der Waals surface area (Å²) in [6.07, 6.45) is 8.13. The standard InChI is InChI=1S/C17H21NO2/c19-17(12-14-6-4-5-7-14)18(16-10-11-20-13-16)15-8-2-1-3-9-15/h1-4,6,8-9,14,16H,5,7,10-13H2/t14-,16+/m1/s1. The van der Waals surface area contributed by atoms with Crippen LogP contribution in [0.4, 0.5) is 5.69 Å². The highest BCUT2D eigenvalue weighted by atomic mass is 16.5. The summed E-state index contributed by atoms with van der Waals surface area (Å²) in [4.78, 5) is 14.7. The van der Waals surface area contributed by atoms with Gasteiger partial charge in [-0.05, 0) is 37.3 Å². The highest BCUT2D eigenvalue weighted by molar-refractivity contribution is 5.94. The van der Waals surface area contributed by atoms with E-state index in [0.29, 0.717) is 18.9 Å². The van der Waals surface area contributed by atoms with Crippen molar-refractivity contribution in [2.75, 3.05) is 18.1 Å². The Hall–Kier alpha value is -1.61. The lowest BCUT2D eigenvalue weighted by molar-refractivity contribution is -0.119. The van der Waals surface area contributed by atoms with Crippen LogP contribution in [0, 0.1) is 5.92 Å². The van der Waals surface area contributed by atoms with Crippen LogP contribution in [0.25, 0.3) is 0 Å². The van der Waals surface area contributed by atoms with Gasteiger partial charge in [-0.2, -0.15) is 0 Å². The van der Waals surface area contributed by atoms with Crippen molar-refractivity contribution in [3.63, 3.8) is 0 Å². The number of ether oxygens (including phenoxy) is 1. The quantitative estimate of drug-likeness (QED) is 0.787. The molecule has 1 aliphatic carbocycles. The van der Waals surface area contributed by atoms with E-state index in [-0.39, 0.29) is 11.9 Å². The Morgan fingerprint density at radius 2 is 2.10 bits per heavy atom. The second kappa shape index (κ2) is 6.23. The molecule has 3 nitrogen and oxygen atoms in total. The molecule has 2 atom stereocenters. The van der Waals surface area contributed by atoms with Crippen LogP contribution in [0.5, 0.6) is 0 Å². The molecule has 1 aromatic carbocycles. The molecule has 0 aromatic heterocycles. The average Bonchev–Trinajstić information content (AvgIpc) is 3.14. The van der Waals surface area contributed by atoms with Crippen molar-refractivity contribution in [1.82, 2.24) is 0 Å². The predicted octanol–water partition coefficient (Wildman–Crippen LogP) is 3.16. The van der Waals surface area contributed by atoms with Gasteiger partial charge in [0.15, 0.2) is 0 Å². The first-order valence-electron chi connectivity index (χ1n) is 7.46. The Morgan fingerprint density at radius 3 is 2.75 bits per heavy atom. The van der Waals surface area contributed by atoms with Gasteiger partial charge in [0.2, 0.25) is 5.91 Å². The first kappa shape index (κ1) is 13.4. The van der Waals surface area contributed by atoms with Crippen LogP contribution in [-0.2, 0) is 9.53 Å². The van der Waals surface area contributed by atoms with Gasteiger partial charge < -0.3 is 9.64 Å². The predicted molar refractivity (Wildman–Crippen MR) is 79.6 cm³/mol. The molecule has 106 valence electrons. The van der Waals surface area contributed by atoms with Crippen LogP contribution in [-0.4, -0.2) is 25.2 Å². The summed E-state index contributed by atoms with van der Waals surface area (Å²) in [5, 5.41) is 0. The van der Waals surface area contributed by atoms with Crippen LogP contribution in [0.2, 0.25) is 0 Å². The van der Waals surface area contributed by atoms with E-state index >= 15 is 0 Å². The van der Waals surface area contributed by atoms with Crippen molar-refractivity contribution in [3.8, 4) is 0 Å². The summed E-state index contributed by atoms with van der Waals surface area (Å²) < 4.78 is 5.47. The zero-order valence-electron chi connectivity index (χ0n) is 11.7. The van der Waals surface area contributed by atoms with Gasteiger partial charge in [-0.1, -0.05) is 30.4 Å². The molecule has 1 amide bonds. The number of carbonyl (C=O) groups excluding carboxylic acids is 1. The molecule has 1 saturated heterocycles. The minimum absolute atomic E-state index is 0.190. The van der Waals surface area contributed by atoms with Gasteiger partial charge in [0, 0.05) is 18.7 Å². The van der Waals surface area contributed by atoms with Crippen molar-refractivity contribution < 1.29 is 9.53 Å². The Labute approximate surface area is 120 Å². The summed E-state index contributed by atoms with van der Waals surface area (Å²) in [6.45, 7) is 1.41. The lowest BCUT2D eigenvalue weighted by atomic mass is 10.0. The number of anilines is 1. The highest BCUT2D eigenvalue weighted by Gasteiger charge is 2.29. The molecule has 1 fully saturated rings. The van der Waals surface area contributed by atoms with Crippen molar-refractivity contribution >= 4 is 11.6 Å². The van der Waals surface area contributed by atoms with Gasteiger partial charge >= 0.3 is 0 Å². The van der Waals surface area contributed by atoms with Crippen LogP contribution in [0.3, 0.4) is 0 Å². The molecule has 3 heteroatoms. The largest absolute Gasteiger partial charge is 0.379 e. The maximum absolute atomic E-state index is 12.7. The fraction of sp³-hybridized carbons (Fsp3) is 0.471. The number of hydrogen-bond acceptors (Lipinski definition) is 2. The third kappa shape index (κ3) is 2.93. The normalized spacial score (nSPS) is 25.0. The zero-order valence-corrected chi connectivity index (χ0v) is 11.7. The van der Waals surface area contributed by atoms with E-state index in [1.54, 1.807) is 0 Å². The fourth-order valence-electron chi connectivity index (χ4n) is 3.06. The number of allylic oxidation sites excluding steroid dienone is 2. The molecule has 1 heterocycles. The minimum Gasteiger partial charge on any atom is -0.379 e. The second-order valence-electron chi connectivity index (χ2n) is 5.59. The van der Waals surface area contributed by atoms with Gasteiger partial charge in [-0.15, -0.1) is 0 Å². The van der Waals surface area contributed by atoms with E-state index in [1.165, 1.54) is 0 Å². The molecule has 0 N–H and O–H groups in total. The topological polar surface area (TPSA) is 29.5 Å². The summed E-state index contributed by atoms with van der Waals surface area (Å²) in [5.41, 5.74) is 0.995. The maximum Gasteiger partial charge on any atom is 0.227 e. The third-order valence-corrected chi connectivity index (χ3v) is 4.12. The number of rotatable bonds is 4. The molecule has 1 aliphatic heterocycles. The van der Waals surface area contributed by atoms with Gasteiger partial charge in [0.05, 0.1) is 12.6 Å². The van der Waals surface area contributed by atoms with Crippen molar-refractivity contribution in [3.05, 3.63) is 42.5 Å². The lowest BCUT2D eigenvalue weighted by Crippen LogP contribution is -2.41. The SMILES string of the molecule is O=C(C[C@@H]1C=CCC1)N(c1ccccc1)[C@H]1CCOC1. The molecule has 0 saturated carbocycles. The van der Waals surface area contributed by atoms with Gasteiger partial charge in [-0.3, -0.25) is 4.79 Å². The molecule has 1 aromatic rings. The number of amides is 1. The fourth-order valence-corrected chi connectivity index (χ4v) is 3.06. The molecule has 0 unspecified atom stereocenters. The monoisotopic (exact) mass is 271 g/mol. The molecule has 0 bridgehead atoms. The van der Waals surface area contributed by atoms with E-state index in [9.17, 15) is 4.79 Å². The summed E-state index contributed by atoms with van der Waals surface area (Å²) in [5.74, 6) is 0.638. The Balaban J connectivity index is 1.77. The third-order valence-electron chi connectivity index (χ3n) is 4.12. The zero-order chi connectivity index (χ0) is 13.8. The molecule has 2 aliphatic rings. The Kier molecular flexibility index (Phi) is 4.16. The van der Waals surface area contributed by atoms with Gasteiger partial charge in [0.25, 0.3) is 0 Å². The molecule has 20 heavy (non-hydrogen) atoms. The van der Waals surface area contributed by atoms with Crippen LogP contribution >= 0.6 is 0 Å². The number of nitrogens with zero attached hydrogens (tertiary/aromatic N) is 1. The Morgan fingerprint density at radius 1 is 1.25 bits per heavy atom. The maximum atomic E-state index is 12.7. The average molecular weight is 271 g/mol. The van der Waals surface area contributed by atoms with Crippen molar-refractivity contribution in [1.29, 1.82) is 0 Å². The summed E-state index contributed by atoms with van der Waals surface area (Å²) in [7, 11) is 0. The smallest absolute Gasteiger partial charge is 0.227 e. The van der Waals surface area contributed by atoms with Crippen LogP contribution < -0.4 is 4.90 Å². The molecule has 0 radical (unpaired) electrons. The first-order valence-corrected chi connectivity index (χ1v) is 7.46. The lowest BCUT2D eigenvalue weighted by Gasteiger charge is -2.29. The highest BCUT2D eigenvalue weighted by Crippen LogP contribution is 2.26. The number of carbonyl (C=O) groups is 1. The number of benzene rings is 1. The molecular formula is C17H21NO2. The number of hydrogen-bond donors (Lipinski definition) is 0. The Bertz CT molecular complexity index is 477. The van der Waals surface area contributed by atoms with E-state index in [2.05, 4.69) is 12.2 Å². The first-order chi connectivity index (χ1) is 9.84. The number of para-hydroxylation sites is 1. The second-order valence-corrected chi connectivity index (χ2v) is 5.59. The van der Waals surface area contributed by atoms with Gasteiger partial charge in [0.1, 0.15) is 0 Å². The van der Waals surface area contributed by atoms with Crippen LogP contribution in [0.1, 0.15) is 25.7 Å². The van der Waals surface area contributed by atoms with Gasteiger partial charge in [-0.25, -0.2) is 0 Å². The van der Waals surface area contributed by atoms with Crippen LogP contribution in [0.15, 0.2) is 42.5 Å². The van der Waals surface area contributed by atoms with E-state index < -0.39 is 0 Å². The van der Waals surface area contributed by atoms with E-state index in [4.69, 9.17) is 4.74 Å². The van der Waals surface area contributed by atoms with E-state index in [1.807, 2.05) is 35.2 Å². The molecular weight excluding hydrogens is 250 g/mol. The van der Waals surface area contributed by atoms with Crippen molar-refractivity contribution in [2.24, 2.45) is 5.92 Å². The molecule has 3 rings (SSSR count). The summed E-state index contributed by atoms with van der Waals surface area (Å²) in [6, 6.07) is 10.2. The van der Waals surface area contributed by atoms with Crippen molar-refractivity contribution in [2.45, 2.75) is 31.7 Å². The van der Waals surface area contributed by atoms with E-state index in [0.717, 1.165) is 31.6 Å². The summed E-state index contributed by atoms with van der Waals surface area (Å²) >= 11 is 0. The molecule has 0 spiro atoms. The minimum atomic E-state index is 0.190.